The molecular weight excluding hydrogens is 331 g/mol. The van der Waals surface area contributed by atoms with Gasteiger partial charge in [0.05, 0.1) is 0 Å². The molecule has 0 spiro atoms. The molecule has 3 nitrogen and oxygen atoms in total. The van der Waals surface area contributed by atoms with E-state index in [1.165, 1.54) is 4.46 Å². The van der Waals surface area contributed by atoms with Crippen molar-refractivity contribution in [1.29, 1.82) is 0 Å². The molecule has 0 aliphatic carbocycles. The Morgan fingerprint density at radius 2 is 1.76 bits per heavy atom. The zero-order valence-electron chi connectivity index (χ0n) is 12.1. The van der Waals surface area contributed by atoms with E-state index in [0.717, 1.165) is 11.3 Å². The van der Waals surface area contributed by atoms with Crippen LogP contribution in [0.4, 0.5) is 0 Å². The van der Waals surface area contributed by atoms with E-state index in [1.54, 1.807) is 7.11 Å². The van der Waals surface area contributed by atoms with Gasteiger partial charge < -0.3 is 0 Å². The van der Waals surface area contributed by atoms with E-state index in [2.05, 4.69) is 0 Å². The number of carbonyl (C=O) groups is 1. The molecule has 0 saturated carbocycles. The second-order valence-corrected chi connectivity index (χ2v) is 7.50. The fourth-order valence-corrected chi connectivity index (χ4v) is 3.61. The van der Waals surface area contributed by atoms with Gasteiger partial charge in [-0.3, -0.25) is 0 Å². The number of hydrogen-bond acceptors (Lipinski definition) is 3. The minimum atomic E-state index is -0.144. The Labute approximate surface area is 131 Å². The van der Waals surface area contributed by atoms with E-state index in [0.29, 0.717) is 6.61 Å². The van der Waals surface area contributed by atoms with Crippen LogP contribution in [0.3, 0.4) is 0 Å². The van der Waals surface area contributed by atoms with Crippen LogP contribution in [0.1, 0.15) is 12.5 Å². The average molecular weight is 349 g/mol. The number of ether oxygens (including phenoxy) is 2. The second-order valence-electron chi connectivity index (χ2n) is 4.53. The van der Waals surface area contributed by atoms with Crippen LogP contribution in [0.5, 0.6) is 5.75 Å². The third-order valence-electron chi connectivity index (χ3n) is 2.93. The van der Waals surface area contributed by atoms with E-state index in [1.807, 2.05) is 61.5 Å². The molecule has 0 bridgehead atoms. The van der Waals surface area contributed by atoms with Gasteiger partial charge in [0.15, 0.2) is 0 Å². The Balaban J connectivity index is 1.83. The van der Waals surface area contributed by atoms with Crippen molar-refractivity contribution >= 4 is 25.4 Å². The molecule has 0 heterocycles. The molecule has 0 fully saturated rings. The van der Waals surface area contributed by atoms with Crippen molar-refractivity contribution in [3.63, 3.8) is 0 Å². The summed E-state index contributed by atoms with van der Waals surface area (Å²) < 4.78 is 11.7. The molecule has 4 heteroatoms. The fraction of sp³-hybridized carbons (Fsp3) is 0.235. The maximum atomic E-state index is 12.0. The summed E-state index contributed by atoms with van der Waals surface area (Å²) in [5.41, 5.74) is 0.962. The summed E-state index contributed by atoms with van der Waals surface area (Å²) in [6.45, 7) is 2.22. The Bertz CT molecular complexity index is 566. The number of esters is 1. The van der Waals surface area contributed by atoms with Gasteiger partial charge in [-0.2, -0.15) is 0 Å². The first-order valence-electron chi connectivity index (χ1n) is 6.70. The summed E-state index contributed by atoms with van der Waals surface area (Å²) in [5.74, 6) is 0.653. The van der Waals surface area contributed by atoms with Crippen LogP contribution in [0.25, 0.3) is 0 Å². The number of carbonyl (C=O) groups excluding carboxylic acids is 1. The normalized spacial score (nSPS) is 11.7. The molecule has 0 radical (unpaired) electrons. The first-order valence-corrected chi connectivity index (χ1v) is 8.55. The molecule has 110 valence electrons. The summed E-state index contributed by atoms with van der Waals surface area (Å²) in [6, 6.07) is 17.6. The topological polar surface area (TPSA) is 35.5 Å². The van der Waals surface area contributed by atoms with Crippen LogP contribution in [-0.4, -0.2) is 28.0 Å². The SMILES string of the molecule is COc1ccc(COC(=O)C(C)[Se]c2ccccc2)cc1. The Morgan fingerprint density at radius 1 is 1.10 bits per heavy atom. The average Bonchev–Trinajstić information content (AvgIpc) is 2.54. The molecule has 0 N–H and O–H groups in total. The van der Waals surface area contributed by atoms with Crippen molar-refractivity contribution in [2.45, 2.75) is 18.3 Å². The summed E-state index contributed by atoms with van der Waals surface area (Å²) >= 11 is 0.0955. The molecule has 1 unspecified atom stereocenters. The van der Waals surface area contributed by atoms with Crippen molar-refractivity contribution < 1.29 is 14.3 Å². The Kier molecular flexibility index (Phi) is 5.85. The Hall–Kier alpha value is -1.77. The Morgan fingerprint density at radius 3 is 2.38 bits per heavy atom. The van der Waals surface area contributed by atoms with E-state index in [-0.39, 0.29) is 25.7 Å². The first kappa shape index (κ1) is 15.6. The van der Waals surface area contributed by atoms with Crippen molar-refractivity contribution in [1.82, 2.24) is 0 Å². The van der Waals surface area contributed by atoms with Crippen LogP contribution < -0.4 is 9.20 Å². The molecule has 0 aliphatic rings. The van der Waals surface area contributed by atoms with Crippen LogP contribution >= 0.6 is 0 Å². The quantitative estimate of drug-likeness (QED) is 0.594. The van der Waals surface area contributed by atoms with E-state index < -0.39 is 0 Å². The van der Waals surface area contributed by atoms with Gasteiger partial charge in [-0.15, -0.1) is 0 Å². The monoisotopic (exact) mass is 350 g/mol. The summed E-state index contributed by atoms with van der Waals surface area (Å²) in [7, 11) is 1.63. The summed E-state index contributed by atoms with van der Waals surface area (Å²) in [6.07, 6.45) is 0. The van der Waals surface area contributed by atoms with Gasteiger partial charge in [-0.25, -0.2) is 0 Å². The zero-order chi connectivity index (χ0) is 15.1. The first-order chi connectivity index (χ1) is 10.2. The van der Waals surface area contributed by atoms with Crippen molar-refractivity contribution in [2.24, 2.45) is 0 Å². The third-order valence-corrected chi connectivity index (χ3v) is 5.22. The van der Waals surface area contributed by atoms with Gasteiger partial charge in [0.25, 0.3) is 0 Å². The molecule has 0 saturated heterocycles. The van der Waals surface area contributed by atoms with Crippen LogP contribution in [0.15, 0.2) is 54.6 Å². The predicted molar refractivity (Wildman–Crippen MR) is 84.0 cm³/mol. The maximum absolute atomic E-state index is 12.0. The van der Waals surface area contributed by atoms with E-state index in [9.17, 15) is 4.79 Å². The van der Waals surface area contributed by atoms with Gasteiger partial charge >= 0.3 is 131 Å². The molecule has 2 aromatic rings. The molecule has 0 aromatic heterocycles. The van der Waals surface area contributed by atoms with Crippen LogP contribution in [0.2, 0.25) is 4.82 Å². The third kappa shape index (κ3) is 4.92. The predicted octanol–water partition coefficient (Wildman–Crippen LogP) is 2.58. The van der Waals surface area contributed by atoms with Crippen molar-refractivity contribution in [3.05, 3.63) is 60.2 Å². The number of hydrogen-bond donors (Lipinski definition) is 0. The molecule has 0 aliphatic heterocycles. The number of rotatable bonds is 6. The fourth-order valence-electron chi connectivity index (χ4n) is 1.74. The summed E-state index contributed by atoms with van der Waals surface area (Å²) in [5, 5.41) is 0. The molecule has 21 heavy (non-hydrogen) atoms. The number of benzene rings is 2. The number of methoxy groups -OCH3 is 1. The standard InChI is InChI=1S/C17H18O3Se/c1-13(21-16-6-4-3-5-7-16)17(18)20-12-14-8-10-15(19-2)11-9-14/h3-11,13H,12H2,1-2H3. The van der Waals surface area contributed by atoms with Gasteiger partial charge in [0.2, 0.25) is 0 Å². The zero-order valence-corrected chi connectivity index (χ0v) is 13.8. The van der Waals surface area contributed by atoms with E-state index >= 15 is 0 Å². The van der Waals surface area contributed by atoms with Crippen LogP contribution in [-0.2, 0) is 16.1 Å². The van der Waals surface area contributed by atoms with E-state index in [4.69, 9.17) is 9.47 Å². The second kappa shape index (κ2) is 7.87. The van der Waals surface area contributed by atoms with Gasteiger partial charge in [-0.1, -0.05) is 0 Å². The molecule has 1 atom stereocenters. The molecule has 0 amide bonds. The minimum absolute atomic E-state index is 0.0850. The molecule has 2 rings (SSSR count). The summed E-state index contributed by atoms with van der Waals surface area (Å²) in [4.78, 5) is 11.9. The van der Waals surface area contributed by atoms with Crippen molar-refractivity contribution in [3.8, 4) is 5.75 Å². The van der Waals surface area contributed by atoms with Gasteiger partial charge in [0.1, 0.15) is 0 Å². The molecular formula is C17H18O3Se. The molecule has 2 aromatic carbocycles. The van der Waals surface area contributed by atoms with Gasteiger partial charge in [0, 0.05) is 0 Å². The van der Waals surface area contributed by atoms with Gasteiger partial charge in [-0.05, 0) is 0 Å². The van der Waals surface area contributed by atoms with Crippen LogP contribution in [0, 0.1) is 0 Å². The van der Waals surface area contributed by atoms with Crippen molar-refractivity contribution in [2.75, 3.05) is 7.11 Å².